The Morgan fingerprint density at radius 1 is 1.21 bits per heavy atom. The molecule has 0 aromatic heterocycles. The van der Waals surface area contributed by atoms with Gasteiger partial charge in [-0.1, -0.05) is 49.2 Å². The van der Waals surface area contributed by atoms with E-state index in [4.69, 9.17) is 16.9 Å². The van der Waals surface area contributed by atoms with E-state index in [0.717, 1.165) is 18.4 Å². The fraction of sp³-hybridized carbons (Fsp3) is 0.188. The SMILES string of the molecule is CCCc1ccc(-c2c(F)cc(C#N)cc2Cl)cc1. The van der Waals surface area contributed by atoms with Crippen molar-refractivity contribution in [2.75, 3.05) is 0 Å². The second-order valence-electron chi connectivity index (χ2n) is 4.37. The largest absolute Gasteiger partial charge is 0.206 e. The lowest BCUT2D eigenvalue weighted by atomic mass is 10.0. The minimum absolute atomic E-state index is 0.230. The minimum Gasteiger partial charge on any atom is -0.206 e. The van der Waals surface area contributed by atoms with Gasteiger partial charge in [-0.2, -0.15) is 5.26 Å². The lowest BCUT2D eigenvalue weighted by Crippen LogP contribution is -1.90. The predicted octanol–water partition coefficient (Wildman–Crippen LogP) is 4.97. The van der Waals surface area contributed by atoms with Crippen molar-refractivity contribution in [3.8, 4) is 17.2 Å². The molecule has 0 saturated heterocycles. The summed E-state index contributed by atoms with van der Waals surface area (Å²) in [7, 11) is 0. The van der Waals surface area contributed by atoms with Gasteiger partial charge in [-0.25, -0.2) is 4.39 Å². The number of hydrogen-bond acceptors (Lipinski definition) is 1. The normalized spacial score (nSPS) is 10.2. The van der Waals surface area contributed by atoms with Crippen LogP contribution in [0, 0.1) is 17.1 Å². The highest BCUT2D eigenvalue weighted by Gasteiger charge is 2.11. The van der Waals surface area contributed by atoms with Gasteiger partial charge in [-0.3, -0.25) is 0 Å². The van der Waals surface area contributed by atoms with E-state index in [0.29, 0.717) is 5.56 Å². The summed E-state index contributed by atoms with van der Waals surface area (Å²) < 4.78 is 14.0. The highest BCUT2D eigenvalue weighted by molar-refractivity contribution is 6.33. The zero-order valence-corrected chi connectivity index (χ0v) is 11.3. The van der Waals surface area contributed by atoms with Gasteiger partial charge in [0.05, 0.1) is 16.7 Å². The standard InChI is InChI=1S/C16H13ClFN/c1-2-3-11-4-6-13(7-5-11)16-14(17)8-12(10-19)9-15(16)18/h4-9H,2-3H2,1H3. The topological polar surface area (TPSA) is 23.8 Å². The molecule has 19 heavy (non-hydrogen) atoms. The number of nitriles is 1. The Kier molecular flexibility index (Phi) is 4.19. The van der Waals surface area contributed by atoms with E-state index in [-0.39, 0.29) is 10.6 Å². The van der Waals surface area contributed by atoms with Crippen LogP contribution in [-0.2, 0) is 6.42 Å². The quantitative estimate of drug-likeness (QED) is 0.774. The zero-order valence-electron chi connectivity index (χ0n) is 10.6. The first kappa shape index (κ1) is 13.6. The van der Waals surface area contributed by atoms with Gasteiger partial charge in [-0.15, -0.1) is 0 Å². The van der Waals surface area contributed by atoms with Crippen molar-refractivity contribution in [3.63, 3.8) is 0 Å². The first-order valence-corrected chi connectivity index (χ1v) is 6.52. The smallest absolute Gasteiger partial charge is 0.133 e. The molecule has 0 heterocycles. The maximum Gasteiger partial charge on any atom is 0.133 e. The van der Waals surface area contributed by atoms with Crippen molar-refractivity contribution in [2.45, 2.75) is 19.8 Å². The van der Waals surface area contributed by atoms with Gasteiger partial charge in [0, 0.05) is 5.56 Å². The van der Waals surface area contributed by atoms with Crippen LogP contribution >= 0.6 is 11.6 Å². The predicted molar refractivity (Wildman–Crippen MR) is 75.6 cm³/mol. The summed E-state index contributed by atoms with van der Waals surface area (Å²) in [6, 6.07) is 12.3. The molecule has 0 amide bonds. The average molecular weight is 274 g/mol. The van der Waals surface area contributed by atoms with E-state index < -0.39 is 5.82 Å². The third-order valence-corrected chi connectivity index (χ3v) is 3.25. The van der Waals surface area contributed by atoms with Crippen molar-refractivity contribution in [1.29, 1.82) is 5.26 Å². The first-order chi connectivity index (χ1) is 9.15. The summed E-state index contributed by atoms with van der Waals surface area (Å²) in [5, 5.41) is 9.03. The Bertz CT molecular complexity index is 603. The van der Waals surface area contributed by atoms with Crippen LogP contribution in [0.15, 0.2) is 36.4 Å². The second kappa shape index (κ2) is 5.86. The minimum atomic E-state index is -0.465. The molecule has 96 valence electrons. The van der Waals surface area contributed by atoms with Gasteiger partial charge in [0.1, 0.15) is 5.82 Å². The van der Waals surface area contributed by atoms with Gasteiger partial charge in [0.25, 0.3) is 0 Å². The molecule has 1 nitrogen and oxygen atoms in total. The Morgan fingerprint density at radius 2 is 1.89 bits per heavy atom. The molecular formula is C16H13ClFN. The van der Waals surface area contributed by atoms with Crippen LogP contribution < -0.4 is 0 Å². The van der Waals surface area contributed by atoms with Crippen LogP contribution in [0.4, 0.5) is 4.39 Å². The van der Waals surface area contributed by atoms with Crippen LogP contribution in [0.2, 0.25) is 5.02 Å². The number of benzene rings is 2. The molecule has 0 aliphatic heterocycles. The summed E-state index contributed by atoms with van der Waals surface area (Å²) >= 11 is 6.06. The van der Waals surface area contributed by atoms with Crippen molar-refractivity contribution >= 4 is 11.6 Å². The molecule has 0 bridgehead atoms. The summed E-state index contributed by atoms with van der Waals surface area (Å²) in [5.41, 5.74) is 2.53. The highest BCUT2D eigenvalue weighted by atomic mass is 35.5. The highest BCUT2D eigenvalue weighted by Crippen LogP contribution is 2.31. The molecule has 2 aromatic rings. The first-order valence-electron chi connectivity index (χ1n) is 6.14. The zero-order chi connectivity index (χ0) is 13.8. The van der Waals surface area contributed by atoms with Crippen molar-refractivity contribution in [2.24, 2.45) is 0 Å². The molecule has 0 saturated carbocycles. The fourth-order valence-electron chi connectivity index (χ4n) is 2.04. The number of hydrogen-bond donors (Lipinski definition) is 0. The van der Waals surface area contributed by atoms with Crippen molar-refractivity contribution in [3.05, 3.63) is 58.4 Å². The van der Waals surface area contributed by atoms with E-state index in [1.54, 1.807) is 0 Å². The van der Waals surface area contributed by atoms with Crippen LogP contribution in [-0.4, -0.2) is 0 Å². The van der Waals surface area contributed by atoms with Gasteiger partial charge in [-0.05, 0) is 29.7 Å². The van der Waals surface area contributed by atoms with E-state index in [1.165, 1.54) is 17.7 Å². The van der Waals surface area contributed by atoms with Crippen LogP contribution in [0.3, 0.4) is 0 Å². The van der Waals surface area contributed by atoms with Gasteiger partial charge in [0.15, 0.2) is 0 Å². The summed E-state index contributed by atoms with van der Waals surface area (Å²) in [5.74, 6) is -0.465. The maximum atomic E-state index is 14.0. The fourth-order valence-corrected chi connectivity index (χ4v) is 2.36. The average Bonchev–Trinajstić information content (AvgIpc) is 2.40. The molecule has 0 N–H and O–H groups in total. The third kappa shape index (κ3) is 2.94. The lowest BCUT2D eigenvalue weighted by molar-refractivity contribution is 0.631. The maximum absolute atomic E-state index is 14.0. The lowest BCUT2D eigenvalue weighted by Gasteiger charge is -2.08. The van der Waals surface area contributed by atoms with Crippen LogP contribution in [0.5, 0.6) is 0 Å². The van der Waals surface area contributed by atoms with E-state index >= 15 is 0 Å². The summed E-state index contributed by atoms with van der Waals surface area (Å²) in [6.07, 6.45) is 2.08. The molecular weight excluding hydrogens is 261 g/mol. The summed E-state index contributed by atoms with van der Waals surface area (Å²) in [4.78, 5) is 0. The Hall–Kier alpha value is -1.85. The molecule has 2 rings (SSSR count). The Morgan fingerprint density at radius 3 is 2.42 bits per heavy atom. The Labute approximate surface area is 117 Å². The van der Waals surface area contributed by atoms with Crippen molar-refractivity contribution < 1.29 is 4.39 Å². The number of aryl methyl sites for hydroxylation is 1. The summed E-state index contributed by atoms with van der Waals surface area (Å²) in [6.45, 7) is 2.12. The molecule has 0 radical (unpaired) electrons. The molecule has 0 unspecified atom stereocenters. The molecule has 0 aliphatic carbocycles. The van der Waals surface area contributed by atoms with Gasteiger partial charge in [0.2, 0.25) is 0 Å². The molecule has 0 spiro atoms. The molecule has 0 atom stereocenters. The van der Waals surface area contributed by atoms with E-state index in [1.807, 2.05) is 30.3 Å². The van der Waals surface area contributed by atoms with Crippen molar-refractivity contribution in [1.82, 2.24) is 0 Å². The third-order valence-electron chi connectivity index (χ3n) is 2.95. The number of halogens is 2. The Balaban J connectivity index is 2.44. The molecule has 0 aliphatic rings. The second-order valence-corrected chi connectivity index (χ2v) is 4.78. The van der Waals surface area contributed by atoms with E-state index in [9.17, 15) is 4.39 Å². The molecule has 2 aromatic carbocycles. The molecule has 0 fully saturated rings. The van der Waals surface area contributed by atoms with Gasteiger partial charge >= 0.3 is 0 Å². The molecule has 3 heteroatoms. The number of rotatable bonds is 3. The van der Waals surface area contributed by atoms with E-state index in [2.05, 4.69) is 6.92 Å². The number of nitrogens with zero attached hydrogens (tertiary/aromatic N) is 1. The van der Waals surface area contributed by atoms with Crippen LogP contribution in [0.25, 0.3) is 11.1 Å². The van der Waals surface area contributed by atoms with Gasteiger partial charge < -0.3 is 0 Å². The van der Waals surface area contributed by atoms with Crippen LogP contribution in [0.1, 0.15) is 24.5 Å². The monoisotopic (exact) mass is 273 g/mol.